The Hall–Kier alpha value is -0.910. The van der Waals surface area contributed by atoms with Gasteiger partial charge in [-0.3, -0.25) is 0 Å². The molecule has 1 aliphatic rings. The summed E-state index contributed by atoms with van der Waals surface area (Å²) in [5.41, 5.74) is 0. The molecule has 0 saturated carbocycles. The van der Waals surface area contributed by atoms with Crippen molar-refractivity contribution < 1.29 is 4.74 Å². The molecule has 2 N–H and O–H groups in total. The fourth-order valence-electron chi connectivity index (χ4n) is 2.11. The first-order valence-electron chi connectivity index (χ1n) is 6.26. The van der Waals surface area contributed by atoms with Crippen LogP contribution in [0.4, 0.5) is 0 Å². The number of ether oxygens (including phenoxy) is 1. The standard InChI is InChI=1S/C12H22N4O/c1-10(7-11-9-17-6-4-13-11)15-8-12-14-3-5-16(12)2/h3,5,10-11,13,15H,4,6-9H2,1-2H3. The zero-order valence-corrected chi connectivity index (χ0v) is 10.6. The number of aromatic nitrogens is 2. The molecular formula is C12H22N4O. The Balaban J connectivity index is 1.70. The van der Waals surface area contributed by atoms with Crippen LogP contribution in [-0.2, 0) is 18.3 Å². The van der Waals surface area contributed by atoms with Crippen molar-refractivity contribution in [2.75, 3.05) is 19.8 Å². The number of nitrogens with zero attached hydrogens (tertiary/aromatic N) is 2. The molecule has 96 valence electrons. The molecule has 0 bridgehead atoms. The van der Waals surface area contributed by atoms with E-state index < -0.39 is 0 Å². The van der Waals surface area contributed by atoms with Gasteiger partial charge in [-0.05, 0) is 13.3 Å². The Morgan fingerprint density at radius 2 is 2.59 bits per heavy atom. The summed E-state index contributed by atoms with van der Waals surface area (Å²) in [6.45, 7) is 5.66. The van der Waals surface area contributed by atoms with Crippen molar-refractivity contribution >= 4 is 0 Å². The highest BCUT2D eigenvalue weighted by atomic mass is 16.5. The average Bonchev–Trinajstić information content (AvgIpc) is 2.74. The Morgan fingerprint density at radius 1 is 1.71 bits per heavy atom. The van der Waals surface area contributed by atoms with Gasteiger partial charge < -0.3 is 19.9 Å². The second-order valence-corrected chi connectivity index (χ2v) is 4.70. The summed E-state index contributed by atoms with van der Waals surface area (Å²) in [5.74, 6) is 1.07. The summed E-state index contributed by atoms with van der Waals surface area (Å²) in [4.78, 5) is 4.29. The molecule has 1 fully saturated rings. The van der Waals surface area contributed by atoms with Gasteiger partial charge in [0.1, 0.15) is 5.82 Å². The summed E-state index contributed by atoms with van der Waals surface area (Å²) in [7, 11) is 2.02. The zero-order valence-electron chi connectivity index (χ0n) is 10.6. The highest BCUT2D eigenvalue weighted by Gasteiger charge is 2.16. The maximum Gasteiger partial charge on any atom is 0.122 e. The van der Waals surface area contributed by atoms with Gasteiger partial charge in [0.05, 0.1) is 19.8 Å². The molecule has 2 heterocycles. The molecule has 0 radical (unpaired) electrons. The van der Waals surface area contributed by atoms with E-state index in [2.05, 4.69) is 22.5 Å². The van der Waals surface area contributed by atoms with E-state index in [0.717, 1.165) is 38.5 Å². The third-order valence-electron chi connectivity index (χ3n) is 3.17. The number of aryl methyl sites for hydroxylation is 1. The van der Waals surface area contributed by atoms with Crippen LogP contribution < -0.4 is 10.6 Å². The lowest BCUT2D eigenvalue weighted by atomic mass is 10.1. The fraction of sp³-hybridized carbons (Fsp3) is 0.750. The van der Waals surface area contributed by atoms with E-state index in [9.17, 15) is 0 Å². The molecular weight excluding hydrogens is 216 g/mol. The monoisotopic (exact) mass is 238 g/mol. The molecule has 1 aliphatic heterocycles. The van der Waals surface area contributed by atoms with Crippen molar-refractivity contribution in [1.82, 2.24) is 20.2 Å². The first-order valence-corrected chi connectivity index (χ1v) is 6.26. The SMILES string of the molecule is CC(CC1COCCN1)NCc1nccn1C. The number of imidazole rings is 1. The minimum absolute atomic E-state index is 0.464. The van der Waals surface area contributed by atoms with E-state index in [0.29, 0.717) is 12.1 Å². The van der Waals surface area contributed by atoms with Crippen LogP contribution in [0.25, 0.3) is 0 Å². The summed E-state index contributed by atoms with van der Waals surface area (Å²) in [5, 5.41) is 6.96. The van der Waals surface area contributed by atoms with Crippen molar-refractivity contribution in [1.29, 1.82) is 0 Å². The molecule has 5 heteroatoms. The van der Waals surface area contributed by atoms with E-state index in [1.54, 1.807) is 0 Å². The lowest BCUT2D eigenvalue weighted by Crippen LogP contribution is -2.45. The van der Waals surface area contributed by atoms with Crippen LogP contribution in [0.3, 0.4) is 0 Å². The number of hydrogen-bond acceptors (Lipinski definition) is 4. The van der Waals surface area contributed by atoms with Gasteiger partial charge >= 0.3 is 0 Å². The molecule has 17 heavy (non-hydrogen) atoms. The average molecular weight is 238 g/mol. The van der Waals surface area contributed by atoms with Crippen LogP contribution in [0.5, 0.6) is 0 Å². The number of morpholine rings is 1. The second-order valence-electron chi connectivity index (χ2n) is 4.70. The van der Waals surface area contributed by atoms with Crippen LogP contribution in [0, 0.1) is 0 Å². The molecule has 1 saturated heterocycles. The lowest BCUT2D eigenvalue weighted by molar-refractivity contribution is 0.0711. The van der Waals surface area contributed by atoms with Gasteiger partial charge in [0.25, 0.3) is 0 Å². The van der Waals surface area contributed by atoms with Crippen LogP contribution in [0.1, 0.15) is 19.2 Å². The van der Waals surface area contributed by atoms with Gasteiger partial charge in [0.2, 0.25) is 0 Å². The quantitative estimate of drug-likeness (QED) is 0.773. The molecule has 5 nitrogen and oxygen atoms in total. The van der Waals surface area contributed by atoms with Crippen LogP contribution in [0.2, 0.25) is 0 Å². The number of rotatable bonds is 5. The van der Waals surface area contributed by atoms with E-state index in [1.165, 1.54) is 0 Å². The third-order valence-corrected chi connectivity index (χ3v) is 3.17. The van der Waals surface area contributed by atoms with Gasteiger partial charge in [-0.15, -0.1) is 0 Å². The zero-order chi connectivity index (χ0) is 12.1. The largest absolute Gasteiger partial charge is 0.379 e. The molecule has 0 amide bonds. The molecule has 2 unspecified atom stereocenters. The smallest absolute Gasteiger partial charge is 0.122 e. The van der Waals surface area contributed by atoms with E-state index in [4.69, 9.17) is 4.74 Å². The predicted octanol–water partition coefficient (Wildman–Crippen LogP) is 0.277. The molecule has 2 rings (SSSR count). The first-order chi connectivity index (χ1) is 8.25. The second kappa shape index (κ2) is 6.14. The lowest BCUT2D eigenvalue weighted by Gasteiger charge is -2.26. The molecule has 0 aromatic carbocycles. The van der Waals surface area contributed by atoms with Gasteiger partial charge in [0.15, 0.2) is 0 Å². The van der Waals surface area contributed by atoms with E-state index in [1.807, 2.05) is 24.0 Å². The Bertz CT molecular complexity index is 333. The van der Waals surface area contributed by atoms with Crippen molar-refractivity contribution in [2.24, 2.45) is 7.05 Å². The van der Waals surface area contributed by atoms with Crippen LogP contribution in [0.15, 0.2) is 12.4 Å². The van der Waals surface area contributed by atoms with Gasteiger partial charge in [-0.25, -0.2) is 4.98 Å². The van der Waals surface area contributed by atoms with Crippen LogP contribution >= 0.6 is 0 Å². The first kappa shape index (κ1) is 12.5. The molecule has 0 spiro atoms. The summed E-state index contributed by atoms with van der Waals surface area (Å²) in [6, 6.07) is 0.943. The maximum atomic E-state index is 5.45. The fourth-order valence-corrected chi connectivity index (χ4v) is 2.11. The van der Waals surface area contributed by atoms with Crippen LogP contribution in [-0.4, -0.2) is 41.4 Å². The van der Waals surface area contributed by atoms with Crippen molar-refractivity contribution in [3.63, 3.8) is 0 Å². The minimum Gasteiger partial charge on any atom is -0.379 e. The van der Waals surface area contributed by atoms with Crippen molar-refractivity contribution in [3.8, 4) is 0 Å². The third kappa shape index (κ3) is 3.80. The van der Waals surface area contributed by atoms with Crippen molar-refractivity contribution in [2.45, 2.75) is 32.0 Å². The maximum absolute atomic E-state index is 5.45. The highest BCUT2D eigenvalue weighted by Crippen LogP contribution is 2.03. The van der Waals surface area contributed by atoms with Gasteiger partial charge in [0, 0.05) is 38.1 Å². The predicted molar refractivity (Wildman–Crippen MR) is 66.7 cm³/mol. The Labute approximate surface area is 103 Å². The molecule has 1 aromatic heterocycles. The van der Waals surface area contributed by atoms with Gasteiger partial charge in [-0.2, -0.15) is 0 Å². The molecule has 2 atom stereocenters. The Kier molecular flexibility index (Phi) is 4.53. The molecule has 0 aliphatic carbocycles. The van der Waals surface area contributed by atoms with Crippen molar-refractivity contribution in [3.05, 3.63) is 18.2 Å². The summed E-state index contributed by atoms with van der Waals surface area (Å²) in [6.07, 6.45) is 4.89. The van der Waals surface area contributed by atoms with E-state index >= 15 is 0 Å². The topological polar surface area (TPSA) is 51.1 Å². The Morgan fingerprint density at radius 3 is 3.24 bits per heavy atom. The molecule has 1 aromatic rings. The summed E-state index contributed by atoms with van der Waals surface area (Å²) >= 11 is 0. The normalized spacial score (nSPS) is 22.6. The number of hydrogen-bond donors (Lipinski definition) is 2. The summed E-state index contributed by atoms with van der Waals surface area (Å²) < 4.78 is 7.49. The van der Waals surface area contributed by atoms with Gasteiger partial charge in [-0.1, -0.05) is 0 Å². The highest BCUT2D eigenvalue weighted by molar-refractivity contribution is 4.91. The minimum atomic E-state index is 0.464. The number of nitrogens with one attached hydrogen (secondary N) is 2. The van der Waals surface area contributed by atoms with E-state index in [-0.39, 0.29) is 0 Å².